The number of alkyl halides is 3. The number of halogens is 3. The highest BCUT2D eigenvalue weighted by molar-refractivity contribution is 5.96. The Morgan fingerprint density at radius 2 is 1.54 bits per heavy atom. The first-order valence-corrected chi connectivity index (χ1v) is 10.9. The highest BCUT2D eigenvalue weighted by Gasteiger charge is 2.36. The molecule has 8 nitrogen and oxygen atoms in total. The van der Waals surface area contributed by atoms with E-state index in [1.807, 2.05) is 4.90 Å². The summed E-state index contributed by atoms with van der Waals surface area (Å²) in [7, 11) is 4.52. The van der Waals surface area contributed by atoms with Crippen molar-refractivity contribution in [1.82, 2.24) is 15.1 Å². The van der Waals surface area contributed by atoms with E-state index in [2.05, 4.69) is 5.32 Å². The molecule has 1 aliphatic heterocycles. The van der Waals surface area contributed by atoms with Crippen molar-refractivity contribution < 1.29 is 37.0 Å². The molecule has 0 saturated carbocycles. The van der Waals surface area contributed by atoms with Crippen molar-refractivity contribution in [3.05, 3.63) is 53.1 Å². The predicted molar refractivity (Wildman–Crippen MR) is 122 cm³/mol. The Morgan fingerprint density at radius 3 is 2.09 bits per heavy atom. The van der Waals surface area contributed by atoms with Crippen molar-refractivity contribution in [2.24, 2.45) is 0 Å². The average molecular weight is 495 g/mol. The van der Waals surface area contributed by atoms with Crippen LogP contribution in [0.5, 0.6) is 17.2 Å². The first-order chi connectivity index (χ1) is 16.7. The number of ether oxygens (including phenoxy) is 3. The first kappa shape index (κ1) is 26.1. The molecule has 35 heavy (non-hydrogen) atoms. The molecule has 2 aromatic rings. The van der Waals surface area contributed by atoms with Gasteiger partial charge >= 0.3 is 6.18 Å². The van der Waals surface area contributed by atoms with Crippen LogP contribution in [0.2, 0.25) is 0 Å². The second kappa shape index (κ2) is 11.3. The molecule has 0 unspecified atom stereocenters. The van der Waals surface area contributed by atoms with Crippen LogP contribution in [0.4, 0.5) is 13.2 Å². The van der Waals surface area contributed by atoms with Gasteiger partial charge in [0.25, 0.3) is 5.91 Å². The van der Waals surface area contributed by atoms with Gasteiger partial charge in [0, 0.05) is 32.7 Å². The summed E-state index contributed by atoms with van der Waals surface area (Å²) in [4.78, 5) is 28.4. The number of methoxy groups -OCH3 is 3. The lowest BCUT2D eigenvalue weighted by molar-refractivity contribution is -0.138. The van der Waals surface area contributed by atoms with Crippen LogP contribution in [-0.4, -0.2) is 75.7 Å². The minimum Gasteiger partial charge on any atom is -0.493 e. The topological polar surface area (TPSA) is 80.3 Å². The molecule has 1 aliphatic rings. The van der Waals surface area contributed by atoms with Crippen LogP contribution in [0.25, 0.3) is 0 Å². The molecule has 1 fully saturated rings. The lowest BCUT2D eigenvalue weighted by atomic mass is 10.1. The summed E-state index contributed by atoms with van der Waals surface area (Å²) in [5.74, 6) is 0.522. The zero-order valence-electron chi connectivity index (χ0n) is 19.8. The number of nitrogens with one attached hydrogen (secondary N) is 1. The fourth-order valence-electron chi connectivity index (χ4n) is 3.89. The second-order valence-corrected chi connectivity index (χ2v) is 7.92. The van der Waals surface area contributed by atoms with Gasteiger partial charge in [0.05, 0.1) is 39.0 Å². The van der Waals surface area contributed by atoms with Gasteiger partial charge in [0.15, 0.2) is 11.5 Å². The highest BCUT2D eigenvalue weighted by atomic mass is 19.4. The van der Waals surface area contributed by atoms with Gasteiger partial charge in [0.2, 0.25) is 11.7 Å². The number of carbonyl (C=O) groups excluding carboxylic acids is 2. The summed E-state index contributed by atoms with van der Waals surface area (Å²) in [5.41, 5.74) is -0.554. The number of piperazine rings is 1. The third-order valence-corrected chi connectivity index (χ3v) is 5.70. The Kier molecular flexibility index (Phi) is 8.44. The molecule has 0 atom stereocenters. The molecule has 1 N–H and O–H groups in total. The summed E-state index contributed by atoms with van der Waals surface area (Å²) in [6, 6.07) is 8.25. The van der Waals surface area contributed by atoms with Gasteiger partial charge < -0.3 is 24.4 Å². The fourth-order valence-corrected chi connectivity index (χ4v) is 3.89. The molecule has 0 bridgehead atoms. The average Bonchev–Trinajstić information content (AvgIpc) is 2.86. The molecule has 1 heterocycles. The number of hydrogen-bond acceptors (Lipinski definition) is 6. The van der Waals surface area contributed by atoms with Crippen LogP contribution in [0, 0.1) is 0 Å². The quantitative estimate of drug-likeness (QED) is 0.607. The molecule has 2 amide bonds. The third kappa shape index (κ3) is 6.36. The van der Waals surface area contributed by atoms with E-state index < -0.39 is 17.6 Å². The molecule has 0 spiro atoms. The van der Waals surface area contributed by atoms with Crippen LogP contribution < -0.4 is 19.5 Å². The Labute approximate surface area is 201 Å². The van der Waals surface area contributed by atoms with Crippen LogP contribution in [0.15, 0.2) is 36.4 Å². The van der Waals surface area contributed by atoms with Gasteiger partial charge in [-0.3, -0.25) is 14.5 Å². The predicted octanol–water partition coefficient (Wildman–Crippen LogP) is 2.81. The van der Waals surface area contributed by atoms with E-state index in [1.165, 1.54) is 44.4 Å². The Balaban J connectivity index is 1.53. The van der Waals surface area contributed by atoms with Gasteiger partial charge in [-0.15, -0.1) is 0 Å². The van der Waals surface area contributed by atoms with Crippen molar-refractivity contribution >= 4 is 11.8 Å². The maximum Gasteiger partial charge on any atom is 0.417 e. The monoisotopic (exact) mass is 495 g/mol. The maximum absolute atomic E-state index is 13.3. The Hall–Kier alpha value is -3.47. The molecular weight excluding hydrogens is 467 g/mol. The van der Waals surface area contributed by atoms with E-state index >= 15 is 0 Å². The lowest BCUT2D eigenvalue weighted by Crippen LogP contribution is -2.51. The van der Waals surface area contributed by atoms with Crippen molar-refractivity contribution in [1.29, 1.82) is 0 Å². The second-order valence-electron chi connectivity index (χ2n) is 7.92. The number of rotatable bonds is 8. The van der Waals surface area contributed by atoms with E-state index in [1.54, 1.807) is 12.1 Å². The zero-order valence-corrected chi connectivity index (χ0v) is 19.8. The third-order valence-electron chi connectivity index (χ3n) is 5.70. The van der Waals surface area contributed by atoms with Crippen LogP contribution in [0.3, 0.4) is 0 Å². The molecular formula is C24H28F3N3O5. The summed E-state index contributed by atoms with van der Waals surface area (Å²) in [6.45, 7) is 1.54. The van der Waals surface area contributed by atoms with E-state index in [9.17, 15) is 22.8 Å². The minimum absolute atomic E-state index is 0.103. The molecule has 0 aromatic heterocycles. The van der Waals surface area contributed by atoms with Crippen molar-refractivity contribution in [3.63, 3.8) is 0 Å². The van der Waals surface area contributed by atoms with Crippen molar-refractivity contribution in [2.45, 2.75) is 12.7 Å². The Bertz CT molecular complexity index is 1030. The minimum atomic E-state index is -4.61. The van der Waals surface area contributed by atoms with Crippen LogP contribution in [-0.2, 0) is 17.5 Å². The molecule has 11 heteroatoms. The fraction of sp³-hybridized carbons (Fsp3) is 0.417. The van der Waals surface area contributed by atoms with E-state index in [-0.39, 0.29) is 37.6 Å². The number of hydrogen-bond donors (Lipinski definition) is 1. The van der Waals surface area contributed by atoms with Crippen LogP contribution >= 0.6 is 0 Å². The normalized spacial score (nSPS) is 14.4. The number of carbonyl (C=O) groups is 2. The van der Waals surface area contributed by atoms with Crippen molar-refractivity contribution in [3.8, 4) is 17.2 Å². The summed E-state index contributed by atoms with van der Waals surface area (Å²) in [6.07, 6.45) is -4.61. The molecule has 3 rings (SSSR count). The molecule has 2 aromatic carbocycles. The van der Waals surface area contributed by atoms with E-state index in [0.717, 1.165) is 11.6 Å². The molecule has 0 aliphatic carbocycles. The number of nitrogens with zero attached hydrogens (tertiary/aromatic N) is 2. The van der Waals surface area contributed by atoms with Gasteiger partial charge in [-0.2, -0.15) is 13.2 Å². The van der Waals surface area contributed by atoms with Gasteiger partial charge in [-0.25, -0.2) is 0 Å². The molecule has 0 radical (unpaired) electrons. The first-order valence-electron chi connectivity index (χ1n) is 10.9. The van der Waals surface area contributed by atoms with E-state index in [0.29, 0.717) is 30.3 Å². The Morgan fingerprint density at radius 1 is 0.943 bits per heavy atom. The van der Waals surface area contributed by atoms with Gasteiger partial charge in [0.1, 0.15) is 0 Å². The molecule has 190 valence electrons. The van der Waals surface area contributed by atoms with E-state index in [4.69, 9.17) is 14.2 Å². The molecule has 1 saturated heterocycles. The maximum atomic E-state index is 13.3. The zero-order chi connectivity index (χ0) is 25.6. The summed E-state index contributed by atoms with van der Waals surface area (Å²) < 4.78 is 55.7. The van der Waals surface area contributed by atoms with Crippen molar-refractivity contribution in [2.75, 3.05) is 54.1 Å². The number of benzene rings is 2. The largest absolute Gasteiger partial charge is 0.493 e. The smallest absolute Gasteiger partial charge is 0.417 e. The van der Waals surface area contributed by atoms with Gasteiger partial charge in [-0.1, -0.05) is 12.1 Å². The van der Waals surface area contributed by atoms with Gasteiger partial charge in [-0.05, 0) is 29.8 Å². The highest BCUT2D eigenvalue weighted by Crippen LogP contribution is 2.38. The van der Waals surface area contributed by atoms with Crippen LogP contribution in [0.1, 0.15) is 21.5 Å². The number of amides is 2. The summed E-state index contributed by atoms with van der Waals surface area (Å²) in [5, 5.41) is 2.83. The standard InChI is InChI=1S/C24H28F3N3O5/c1-33-19-12-16(13-20(34-2)22(19)35-3)14-28-21(31)15-29-8-10-30(11-9-29)23(32)17-6-4-5-7-18(17)24(25,26)27/h4-7,12-13H,8-11,14-15H2,1-3H3,(H,28,31). The summed E-state index contributed by atoms with van der Waals surface area (Å²) >= 11 is 0. The SMILES string of the molecule is COc1cc(CNC(=O)CN2CCN(C(=O)c3ccccc3C(F)(F)F)CC2)cc(OC)c1OC. The lowest BCUT2D eigenvalue weighted by Gasteiger charge is -2.34.